The number of carbonyl (C=O) groups excluding carboxylic acids is 1. The zero-order chi connectivity index (χ0) is 25.0. The van der Waals surface area contributed by atoms with Crippen LogP contribution in [0.25, 0.3) is 0 Å². The minimum absolute atomic E-state index is 0.0108. The van der Waals surface area contributed by atoms with Crippen molar-refractivity contribution < 1.29 is 17.9 Å². The van der Waals surface area contributed by atoms with Gasteiger partial charge in [0.2, 0.25) is 5.91 Å². The van der Waals surface area contributed by atoms with Crippen molar-refractivity contribution in [1.29, 1.82) is 0 Å². The van der Waals surface area contributed by atoms with Crippen molar-refractivity contribution in [2.45, 2.75) is 11.8 Å². The molecule has 0 aliphatic carbocycles. The molecule has 7 nitrogen and oxygen atoms in total. The Balaban J connectivity index is 1.59. The third-order valence-corrected chi connectivity index (χ3v) is 8.08. The summed E-state index contributed by atoms with van der Waals surface area (Å²) < 4.78 is 34.1. The van der Waals surface area contributed by atoms with Crippen LogP contribution in [0.2, 0.25) is 5.02 Å². The average Bonchev–Trinajstić information content (AvgIpc) is 2.88. The minimum atomic E-state index is -4.11. The number of sulfonamides is 1. The number of amides is 1. The van der Waals surface area contributed by atoms with Gasteiger partial charge in [-0.05, 0) is 61.0 Å². The first kappa shape index (κ1) is 24.9. The summed E-state index contributed by atoms with van der Waals surface area (Å²) in [5.74, 6) is -0.0404. The maximum Gasteiger partial charge on any atom is 0.268 e. The molecule has 0 bridgehead atoms. The summed E-state index contributed by atoms with van der Waals surface area (Å²) in [5, 5.41) is 0.475. The summed E-state index contributed by atoms with van der Waals surface area (Å²) in [4.78, 5) is 17.3. The molecule has 0 aromatic heterocycles. The number of rotatable bonds is 7. The van der Waals surface area contributed by atoms with Gasteiger partial charge in [-0.3, -0.25) is 9.10 Å². The Bertz CT molecular complexity index is 1280. The number of piperazine rings is 1. The highest BCUT2D eigenvalue weighted by Gasteiger charge is 2.32. The molecule has 184 valence electrons. The van der Waals surface area contributed by atoms with Gasteiger partial charge in [0.15, 0.2) is 0 Å². The molecule has 3 aromatic carbocycles. The Morgan fingerprint density at radius 1 is 0.971 bits per heavy atom. The van der Waals surface area contributed by atoms with E-state index in [9.17, 15) is 13.2 Å². The maximum absolute atomic E-state index is 13.8. The van der Waals surface area contributed by atoms with Crippen molar-refractivity contribution in [3.05, 3.63) is 83.4 Å². The number of ether oxygens (including phenoxy) is 1. The summed E-state index contributed by atoms with van der Waals surface area (Å²) in [6.07, 6.45) is 0. The molecule has 9 heteroatoms. The zero-order valence-corrected chi connectivity index (χ0v) is 21.3. The molecule has 0 N–H and O–H groups in total. The van der Waals surface area contributed by atoms with Crippen LogP contribution in [0.15, 0.2) is 77.7 Å². The number of methoxy groups -OCH3 is 1. The first-order chi connectivity index (χ1) is 16.8. The summed E-state index contributed by atoms with van der Waals surface area (Å²) in [6, 6.07) is 21.4. The van der Waals surface area contributed by atoms with E-state index >= 15 is 0 Å². The fourth-order valence-electron chi connectivity index (χ4n) is 4.10. The molecule has 0 saturated carbocycles. The molecule has 4 rings (SSSR count). The summed E-state index contributed by atoms with van der Waals surface area (Å²) >= 11 is 6.04. The van der Waals surface area contributed by atoms with Gasteiger partial charge >= 0.3 is 0 Å². The highest BCUT2D eigenvalue weighted by molar-refractivity contribution is 7.93. The maximum atomic E-state index is 13.8. The normalized spacial score (nSPS) is 14.0. The van der Waals surface area contributed by atoms with E-state index in [1.807, 2.05) is 37.3 Å². The molecule has 0 unspecified atom stereocenters. The Kier molecular flexibility index (Phi) is 7.52. The number of halogens is 1. The van der Waals surface area contributed by atoms with Crippen LogP contribution in [0.3, 0.4) is 0 Å². The third kappa shape index (κ3) is 5.55. The quantitative estimate of drug-likeness (QED) is 0.473. The fraction of sp³-hybridized carbons (Fsp3) is 0.269. The molecule has 1 fully saturated rings. The number of benzene rings is 3. The van der Waals surface area contributed by atoms with Crippen molar-refractivity contribution >= 4 is 38.9 Å². The van der Waals surface area contributed by atoms with Crippen molar-refractivity contribution in [2.75, 3.05) is 49.0 Å². The molecule has 1 heterocycles. The van der Waals surface area contributed by atoms with Gasteiger partial charge in [-0.15, -0.1) is 0 Å². The van der Waals surface area contributed by atoms with E-state index in [1.165, 1.54) is 7.11 Å². The SMILES string of the molecule is COc1ccc(C)cc1S(=O)(=O)N(CC(=O)N1CCN(c2ccccc2)CC1)c1ccc(Cl)cc1. The summed E-state index contributed by atoms with van der Waals surface area (Å²) in [7, 11) is -2.69. The van der Waals surface area contributed by atoms with Crippen LogP contribution in [0, 0.1) is 6.92 Å². The largest absolute Gasteiger partial charge is 0.495 e. The predicted molar refractivity (Wildman–Crippen MR) is 139 cm³/mol. The zero-order valence-electron chi connectivity index (χ0n) is 19.7. The molecule has 0 spiro atoms. The topological polar surface area (TPSA) is 70.2 Å². The van der Waals surface area contributed by atoms with Gasteiger partial charge in [0.25, 0.3) is 10.0 Å². The molecule has 1 saturated heterocycles. The predicted octanol–water partition coefficient (Wildman–Crippen LogP) is 4.20. The number of aryl methyl sites for hydroxylation is 1. The number of para-hydroxylation sites is 1. The lowest BCUT2D eigenvalue weighted by atomic mass is 10.2. The van der Waals surface area contributed by atoms with Gasteiger partial charge in [0, 0.05) is 36.9 Å². The van der Waals surface area contributed by atoms with Crippen molar-refractivity contribution in [2.24, 2.45) is 0 Å². The standard InChI is InChI=1S/C26H28ClN3O4S/c1-20-8-13-24(34-2)25(18-20)35(32,33)30(23-11-9-21(27)10-12-23)19-26(31)29-16-14-28(15-17-29)22-6-4-3-5-7-22/h3-13,18H,14-17,19H2,1-2H3. The Morgan fingerprint density at radius 2 is 1.63 bits per heavy atom. The average molecular weight is 514 g/mol. The molecule has 3 aromatic rings. The number of carbonyl (C=O) groups is 1. The highest BCUT2D eigenvalue weighted by Crippen LogP contribution is 2.31. The Morgan fingerprint density at radius 3 is 2.26 bits per heavy atom. The van der Waals surface area contributed by atoms with Gasteiger partial charge in [-0.25, -0.2) is 8.42 Å². The van der Waals surface area contributed by atoms with E-state index in [1.54, 1.807) is 47.4 Å². The molecular weight excluding hydrogens is 486 g/mol. The molecule has 1 amide bonds. The second-order valence-electron chi connectivity index (χ2n) is 8.35. The van der Waals surface area contributed by atoms with Crippen LogP contribution in [-0.4, -0.2) is 59.1 Å². The number of hydrogen-bond acceptors (Lipinski definition) is 5. The molecule has 1 aliphatic rings. The lowest BCUT2D eigenvalue weighted by Crippen LogP contribution is -2.52. The first-order valence-electron chi connectivity index (χ1n) is 11.3. The van der Waals surface area contributed by atoms with Crippen LogP contribution in [-0.2, 0) is 14.8 Å². The fourth-order valence-corrected chi connectivity index (χ4v) is 5.89. The monoisotopic (exact) mass is 513 g/mol. The van der Waals surface area contributed by atoms with Crippen molar-refractivity contribution in [3.8, 4) is 5.75 Å². The van der Waals surface area contributed by atoms with E-state index in [0.717, 1.165) is 15.6 Å². The van der Waals surface area contributed by atoms with Gasteiger partial charge in [0.1, 0.15) is 17.2 Å². The van der Waals surface area contributed by atoms with E-state index in [-0.39, 0.29) is 23.1 Å². The molecule has 1 aliphatic heterocycles. The van der Waals surface area contributed by atoms with Crippen LogP contribution in [0.1, 0.15) is 5.56 Å². The number of anilines is 2. The second kappa shape index (κ2) is 10.6. The van der Waals surface area contributed by atoms with Crippen molar-refractivity contribution in [1.82, 2.24) is 4.90 Å². The molecule has 0 radical (unpaired) electrons. The molecule has 35 heavy (non-hydrogen) atoms. The van der Waals surface area contributed by atoms with Gasteiger partial charge in [0.05, 0.1) is 12.8 Å². The minimum Gasteiger partial charge on any atom is -0.495 e. The molecule has 0 atom stereocenters. The van der Waals surface area contributed by atoms with Crippen LogP contribution >= 0.6 is 11.6 Å². The van der Waals surface area contributed by atoms with Crippen molar-refractivity contribution in [3.63, 3.8) is 0 Å². The lowest BCUT2D eigenvalue weighted by Gasteiger charge is -2.37. The Hall–Kier alpha value is -3.23. The van der Waals surface area contributed by atoms with E-state index < -0.39 is 10.0 Å². The highest BCUT2D eigenvalue weighted by atomic mass is 35.5. The van der Waals surface area contributed by atoms with E-state index in [4.69, 9.17) is 16.3 Å². The third-order valence-electron chi connectivity index (χ3n) is 6.03. The second-order valence-corrected chi connectivity index (χ2v) is 10.6. The molecular formula is C26H28ClN3O4S. The lowest BCUT2D eigenvalue weighted by molar-refractivity contribution is -0.129. The summed E-state index contributed by atoms with van der Waals surface area (Å²) in [6.45, 7) is 3.85. The van der Waals surface area contributed by atoms with E-state index in [0.29, 0.717) is 36.9 Å². The van der Waals surface area contributed by atoms with Gasteiger partial charge in [-0.2, -0.15) is 0 Å². The number of nitrogens with zero attached hydrogens (tertiary/aromatic N) is 3. The number of hydrogen-bond donors (Lipinski definition) is 0. The smallest absolute Gasteiger partial charge is 0.268 e. The van der Waals surface area contributed by atoms with Crippen LogP contribution in [0.5, 0.6) is 5.75 Å². The van der Waals surface area contributed by atoms with Gasteiger partial charge in [-0.1, -0.05) is 35.9 Å². The van der Waals surface area contributed by atoms with E-state index in [2.05, 4.69) is 4.90 Å². The Labute approximate surface area is 211 Å². The first-order valence-corrected chi connectivity index (χ1v) is 13.1. The summed E-state index contributed by atoms with van der Waals surface area (Å²) in [5.41, 5.74) is 2.23. The van der Waals surface area contributed by atoms with Crippen LogP contribution < -0.4 is 13.9 Å². The van der Waals surface area contributed by atoms with Crippen LogP contribution in [0.4, 0.5) is 11.4 Å². The van der Waals surface area contributed by atoms with Gasteiger partial charge < -0.3 is 14.5 Å².